The van der Waals surface area contributed by atoms with Crippen LogP contribution < -0.4 is 5.32 Å². The number of rotatable bonds is 7. The number of aryl methyl sites for hydroxylation is 1. The molecule has 7 heteroatoms. The van der Waals surface area contributed by atoms with Crippen LogP contribution in [0.3, 0.4) is 0 Å². The molecule has 0 saturated heterocycles. The molecule has 1 aromatic carbocycles. The lowest BCUT2D eigenvalue weighted by Crippen LogP contribution is -2.37. The second kappa shape index (κ2) is 8.03. The van der Waals surface area contributed by atoms with E-state index in [4.69, 9.17) is 0 Å². The number of hydrogen-bond acceptors (Lipinski definition) is 4. The average Bonchev–Trinajstić information content (AvgIpc) is 2.54. The zero-order chi connectivity index (χ0) is 17.6. The Labute approximate surface area is 142 Å². The predicted molar refractivity (Wildman–Crippen MR) is 93.0 cm³/mol. The van der Waals surface area contributed by atoms with E-state index in [1.165, 1.54) is 4.31 Å². The van der Waals surface area contributed by atoms with Crippen LogP contribution >= 0.6 is 0 Å². The molecule has 0 radical (unpaired) electrons. The lowest BCUT2D eigenvalue weighted by Gasteiger charge is -2.20. The van der Waals surface area contributed by atoms with Gasteiger partial charge in [0.2, 0.25) is 10.0 Å². The van der Waals surface area contributed by atoms with E-state index in [2.05, 4.69) is 10.3 Å². The van der Waals surface area contributed by atoms with Crippen molar-refractivity contribution in [3.63, 3.8) is 0 Å². The van der Waals surface area contributed by atoms with Crippen LogP contribution in [-0.4, -0.2) is 43.0 Å². The quantitative estimate of drug-likeness (QED) is 0.825. The molecule has 0 unspecified atom stereocenters. The number of carbonyl (C=O) groups excluding carboxylic acids is 1. The van der Waals surface area contributed by atoms with Gasteiger partial charge in [-0.15, -0.1) is 0 Å². The molecule has 2 rings (SSSR count). The van der Waals surface area contributed by atoms with Gasteiger partial charge in [-0.3, -0.25) is 9.78 Å². The van der Waals surface area contributed by atoms with Gasteiger partial charge in [-0.1, -0.05) is 17.7 Å². The van der Waals surface area contributed by atoms with Crippen molar-refractivity contribution in [2.45, 2.75) is 13.5 Å². The van der Waals surface area contributed by atoms with E-state index in [0.717, 1.165) is 17.4 Å². The first-order chi connectivity index (χ1) is 11.4. The molecular weight excluding hydrogens is 326 g/mol. The van der Waals surface area contributed by atoms with Gasteiger partial charge in [0, 0.05) is 37.6 Å². The summed E-state index contributed by atoms with van der Waals surface area (Å²) in [7, 11) is -3.37. The summed E-state index contributed by atoms with van der Waals surface area (Å²) < 4.78 is 25.2. The summed E-state index contributed by atoms with van der Waals surface area (Å²) in [5.74, 6) is -0.212. The first-order valence-corrected chi connectivity index (χ1v) is 9.40. The Kier molecular flexibility index (Phi) is 6.05. The zero-order valence-corrected chi connectivity index (χ0v) is 14.6. The lowest BCUT2D eigenvalue weighted by atomic mass is 10.1. The predicted octanol–water partition coefficient (Wildman–Crippen LogP) is 1.58. The van der Waals surface area contributed by atoms with Gasteiger partial charge in [0.25, 0.3) is 5.91 Å². The highest BCUT2D eigenvalue weighted by Crippen LogP contribution is 2.07. The minimum absolute atomic E-state index is 0.207. The molecule has 6 nitrogen and oxygen atoms in total. The maximum atomic E-state index is 12.1. The highest BCUT2D eigenvalue weighted by molar-refractivity contribution is 7.88. The molecular formula is C17H21N3O3S. The number of sulfonamides is 1. The molecule has 1 heterocycles. The highest BCUT2D eigenvalue weighted by Gasteiger charge is 2.17. The number of nitrogens with zero attached hydrogens (tertiary/aromatic N) is 2. The first kappa shape index (κ1) is 18.1. The van der Waals surface area contributed by atoms with E-state index in [-0.39, 0.29) is 25.5 Å². The molecule has 1 aromatic heterocycles. The van der Waals surface area contributed by atoms with E-state index in [9.17, 15) is 13.2 Å². The molecule has 0 aliphatic heterocycles. The summed E-state index contributed by atoms with van der Waals surface area (Å²) >= 11 is 0. The zero-order valence-electron chi connectivity index (χ0n) is 13.8. The fourth-order valence-corrected chi connectivity index (χ4v) is 3.04. The summed E-state index contributed by atoms with van der Waals surface area (Å²) in [6.45, 7) is 2.61. The van der Waals surface area contributed by atoms with Crippen molar-refractivity contribution < 1.29 is 13.2 Å². The van der Waals surface area contributed by atoms with Gasteiger partial charge in [0.1, 0.15) is 0 Å². The molecule has 0 saturated carbocycles. The number of pyridine rings is 1. The van der Waals surface area contributed by atoms with Crippen LogP contribution in [-0.2, 0) is 16.6 Å². The summed E-state index contributed by atoms with van der Waals surface area (Å²) in [4.78, 5) is 16.0. The molecule has 0 atom stereocenters. The van der Waals surface area contributed by atoms with E-state index in [0.29, 0.717) is 5.56 Å². The van der Waals surface area contributed by atoms with Crippen molar-refractivity contribution in [2.75, 3.05) is 19.3 Å². The monoisotopic (exact) mass is 347 g/mol. The van der Waals surface area contributed by atoms with Crippen molar-refractivity contribution in [3.05, 3.63) is 65.5 Å². The Bertz CT molecular complexity index is 792. The molecule has 24 heavy (non-hydrogen) atoms. The number of aromatic nitrogens is 1. The van der Waals surface area contributed by atoms with Gasteiger partial charge in [-0.2, -0.15) is 4.31 Å². The van der Waals surface area contributed by atoms with Gasteiger partial charge in [-0.05, 0) is 36.8 Å². The summed E-state index contributed by atoms with van der Waals surface area (Å²) in [5.41, 5.74) is 2.41. The van der Waals surface area contributed by atoms with Crippen LogP contribution in [0.4, 0.5) is 0 Å². The van der Waals surface area contributed by atoms with Gasteiger partial charge < -0.3 is 5.32 Å². The van der Waals surface area contributed by atoms with Crippen LogP contribution in [0.25, 0.3) is 0 Å². The fourth-order valence-electron chi connectivity index (χ4n) is 2.24. The first-order valence-electron chi connectivity index (χ1n) is 7.55. The fraction of sp³-hybridized carbons (Fsp3) is 0.294. The third-order valence-electron chi connectivity index (χ3n) is 3.50. The van der Waals surface area contributed by atoms with Crippen molar-refractivity contribution in [1.82, 2.24) is 14.6 Å². The normalized spacial score (nSPS) is 11.5. The molecule has 0 aliphatic carbocycles. The molecule has 2 aromatic rings. The maximum absolute atomic E-state index is 12.1. The summed E-state index contributed by atoms with van der Waals surface area (Å²) in [6.07, 6.45) is 4.40. The average molecular weight is 347 g/mol. The van der Waals surface area contributed by atoms with Gasteiger partial charge >= 0.3 is 0 Å². The number of nitrogens with one attached hydrogen (secondary N) is 1. The number of amides is 1. The van der Waals surface area contributed by atoms with Crippen molar-refractivity contribution in [2.24, 2.45) is 0 Å². The number of benzene rings is 1. The van der Waals surface area contributed by atoms with Crippen LogP contribution in [0.15, 0.2) is 48.8 Å². The Morgan fingerprint density at radius 2 is 1.92 bits per heavy atom. The molecule has 1 N–H and O–H groups in total. The van der Waals surface area contributed by atoms with Crippen molar-refractivity contribution in [3.8, 4) is 0 Å². The second-order valence-corrected chi connectivity index (χ2v) is 7.56. The van der Waals surface area contributed by atoms with Gasteiger partial charge in [-0.25, -0.2) is 8.42 Å². The van der Waals surface area contributed by atoms with Crippen LogP contribution in [0, 0.1) is 6.92 Å². The maximum Gasteiger partial charge on any atom is 0.251 e. The van der Waals surface area contributed by atoms with E-state index in [1.54, 1.807) is 36.7 Å². The molecule has 0 fully saturated rings. The largest absolute Gasteiger partial charge is 0.351 e. The Balaban J connectivity index is 1.95. The Morgan fingerprint density at radius 1 is 1.21 bits per heavy atom. The van der Waals surface area contributed by atoms with Crippen molar-refractivity contribution in [1.29, 1.82) is 0 Å². The summed E-state index contributed by atoms with van der Waals surface area (Å²) in [5, 5.41) is 2.76. The second-order valence-electron chi connectivity index (χ2n) is 5.58. The Hall–Kier alpha value is -2.25. The third-order valence-corrected chi connectivity index (χ3v) is 4.75. The topological polar surface area (TPSA) is 79.4 Å². The molecule has 1 amide bonds. The van der Waals surface area contributed by atoms with Gasteiger partial charge in [0.05, 0.1) is 6.26 Å². The van der Waals surface area contributed by atoms with E-state index >= 15 is 0 Å². The molecule has 0 aliphatic rings. The molecule has 0 spiro atoms. The lowest BCUT2D eigenvalue weighted by molar-refractivity contribution is 0.0951. The van der Waals surface area contributed by atoms with E-state index in [1.807, 2.05) is 19.1 Å². The molecule has 128 valence electrons. The highest BCUT2D eigenvalue weighted by atomic mass is 32.2. The minimum Gasteiger partial charge on any atom is -0.351 e. The minimum atomic E-state index is -3.37. The van der Waals surface area contributed by atoms with Crippen LogP contribution in [0.2, 0.25) is 0 Å². The van der Waals surface area contributed by atoms with Crippen LogP contribution in [0.5, 0.6) is 0 Å². The standard InChI is InChI=1S/C17H21N3O3S/c1-14-4-3-5-16(12-14)17(21)19-10-11-20(24(2,22)23)13-15-6-8-18-9-7-15/h3-9,12H,10-11,13H2,1-2H3,(H,19,21). The molecule has 0 bridgehead atoms. The SMILES string of the molecule is Cc1cccc(C(=O)NCCN(Cc2ccncc2)S(C)(=O)=O)c1. The van der Waals surface area contributed by atoms with E-state index < -0.39 is 10.0 Å². The number of carbonyl (C=O) groups is 1. The third kappa shape index (κ3) is 5.43. The van der Waals surface area contributed by atoms with Gasteiger partial charge in [0.15, 0.2) is 0 Å². The Morgan fingerprint density at radius 3 is 2.54 bits per heavy atom. The smallest absolute Gasteiger partial charge is 0.251 e. The van der Waals surface area contributed by atoms with Crippen molar-refractivity contribution >= 4 is 15.9 Å². The summed E-state index contributed by atoms with van der Waals surface area (Å²) in [6, 6.07) is 10.8. The van der Waals surface area contributed by atoms with Crippen LogP contribution in [0.1, 0.15) is 21.5 Å². The number of hydrogen-bond donors (Lipinski definition) is 1.